The Balaban J connectivity index is 1.17. The van der Waals surface area contributed by atoms with Gasteiger partial charge in [-0.25, -0.2) is 0 Å². The summed E-state index contributed by atoms with van der Waals surface area (Å²) in [4.78, 5) is 0. The number of hydrogen-bond acceptors (Lipinski definition) is 1. The van der Waals surface area contributed by atoms with Gasteiger partial charge in [0.2, 0.25) is 23.1 Å². The quantitative estimate of drug-likeness (QED) is 0.144. The van der Waals surface area contributed by atoms with Crippen LogP contribution in [0.3, 0.4) is 0 Å². The van der Waals surface area contributed by atoms with Gasteiger partial charge in [0.05, 0.1) is 32.7 Å². The van der Waals surface area contributed by atoms with Crippen LogP contribution >= 0.6 is 11.3 Å². The summed E-state index contributed by atoms with van der Waals surface area (Å²) in [6, 6.07) is 47.8. The van der Waals surface area contributed by atoms with Gasteiger partial charge >= 0.3 is 0 Å². The van der Waals surface area contributed by atoms with Crippen LogP contribution in [0.5, 0.6) is 0 Å². The number of aryl methyl sites for hydroxylation is 1. The second-order valence-corrected chi connectivity index (χ2v) is 15.2. The van der Waals surface area contributed by atoms with Crippen molar-refractivity contribution < 1.29 is 9.13 Å². The molecule has 0 saturated heterocycles. The molecule has 2 aliphatic heterocycles. The molecule has 12 rings (SSSR count). The lowest BCUT2D eigenvalue weighted by Gasteiger charge is -2.29. The van der Waals surface area contributed by atoms with E-state index in [0.717, 1.165) is 18.5 Å². The Morgan fingerprint density at radius 1 is 0.620 bits per heavy atom. The Labute approximate surface area is 292 Å². The summed E-state index contributed by atoms with van der Waals surface area (Å²) < 4.78 is 10.2. The van der Waals surface area contributed by atoms with Gasteiger partial charge in [-0.1, -0.05) is 66.7 Å². The summed E-state index contributed by atoms with van der Waals surface area (Å²) in [6.45, 7) is 4.88. The molecule has 2 atom stereocenters. The number of nitrogens with zero attached hydrogens (tertiary/aromatic N) is 3. The number of rotatable bonds is 0. The van der Waals surface area contributed by atoms with Crippen molar-refractivity contribution in [3.8, 4) is 22.5 Å². The number of aromatic nitrogens is 3. The predicted molar refractivity (Wildman–Crippen MR) is 207 cm³/mol. The zero-order chi connectivity index (χ0) is 32.7. The van der Waals surface area contributed by atoms with Gasteiger partial charge < -0.3 is 4.40 Å². The van der Waals surface area contributed by atoms with E-state index in [-0.39, 0.29) is 12.0 Å². The summed E-state index contributed by atoms with van der Waals surface area (Å²) in [6.07, 6.45) is 6.47. The molecule has 0 amide bonds. The minimum absolute atomic E-state index is 0.100. The molecule has 2 unspecified atom stereocenters. The maximum Gasteiger partial charge on any atom is 0.249 e. The van der Waals surface area contributed by atoms with Crippen molar-refractivity contribution in [3.63, 3.8) is 0 Å². The maximum atomic E-state index is 4.88. The molecule has 5 aromatic carbocycles. The highest BCUT2D eigenvalue weighted by molar-refractivity contribution is 7.26. The van der Waals surface area contributed by atoms with E-state index < -0.39 is 0 Å². The summed E-state index contributed by atoms with van der Waals surface area (Å²) in [5.41, 5.74) is 13.0. The number of thiophene rings is 1. The van der Waals surface area contributed by atoms with E-state index in [0.29, 0.717) is 0 Å². The predicted octanol–water partition coefficient (Wildman–Crippen LogP) is 10.9. The van der Waals surface area contributed by atoms with Crippen LogP contribution in [0.2, 0.25) is 0 Å². The van der Waals surface area contributed by atoms with Gasteiger partial charge in [-0.15, -0.1) is 11.3 Å². The Hall–Kier alpha value is -5.84. The van der Waals surface area contributed by atoms with Crippen LogP contribution in [0, 0.1) is 0 Å². The van der Waals surface area contributed by atoms with Gasteiger partial charge in [-0.3, -0.25) is 0 Å². The number of hydrogen-bond donors (Lipinski definition) is 0. The van der Waals surface area contributed by atoms with Crippen molar-refractivity contribution in [2.24, 2.45) is 0 Å². The Kier molecular flexibility index (Phi) is 5.22. The monoisotopic (exact) mass is 657 g/mol. The molecular weight excluding hydrogens is 627 g/mol. The van der Waals surface area contributed by atoms with E-state index in [4.69, 9.17) is 6.58 Å². The minimum atomic E-state index is 0.100. The SMILES string of the molecule is C=C1C2C(CCc3cc4c(cc3-c3cccc[n+]31)c1cccc3c5ccc6c7ccccc7sc6c5n4c13)c1ccccc1-c1cccc[n+]12. The van der Waals surface area contributed by atoms with E-state index in [1.807, 2.05) is 11.3 Å². The average Bonchev–Trinajstić information content (AvgIpc) is 3.83. The van der Waals surface area contributed by atoms with Gasteiger partial charge in [0, 0.05) is 66.8 Å². The van der Waals surface area contributed by atoms with E-state index in [1.54, 1.807) is 0 Å². The summed E-state index contributed by atoms with van der Waals surface area (Å²) in [5.74, 6) is 0.285. The van der Waals surface area contributed by atoms with Crippen LogP contribution in [0.15, 0.2) is 146 Å². The summed E-state index contributed by atoms with van der Waals surface area (Å²) in [7, 11) is 0. The zero-order valence-electron chi connectivity index (χ0n) is 27.3. The molecule has 5 aromatic heterocycles. The van der Waals surface area contributed by atoms with Gasteiger partial charge in [-0.2, -0.15) is 9.13 Å². The first-order valence-corrected chi connectivity index (χ1v) is 18.4. The van der Waals surface area contributed by atoms with Crippen molar-refractivity contribution in [2.45, 2.75) is 24.8 Å². The number of fused-ring (bicyclic) bond motifs is 19. The smallest absolute Gasteiger partial charge is 0.249 e. The van der Waals surface area contributed by atoms with Crippen LogP contribution in [0.4, 0.5) is 0 Å². The molecule has 0 aliphatic carbocycles. The van der Waals surface area contributed by atoms with Crippen molar-refractivity contribution in [1.82, 2.24) is 4.40 Å². The van der Waals surface area contributed by atoms with Crippen molar-refractivity contribution in [3.05, 3.63) is 157 Å². The fraction of sp³-hybridized carbons (Fsp3) is 0.0870. The van der Waals surface area contributed by atoms with Crippen LogP contribution in [0.1, 0.15) is 29.5 Å². The van der Waals surface area contributed by atoms with E-state index in [9.17, 15) is 0 Å². The second kappa shape index (κ2) is 9.65. The van der Waals surface area contributed by atoms with Gasteiger partial charge in [0.1, 0.15) is 0 Å². The lowest BCUT2D eigenvalue weighted by molar-refractivity contribution is -0.727. The first-order chi connectivity index (χ1) is 24.7. The third-order valence-corrected chi connectivity index (χ3v) is 13.0. The highest BCUT2D eigenvalue weighted by Crippen LogP contribution is 2.48. The molecular formula is C46H31N3S+2. The largest absolute Gasteiger partial charge is 0.307 e. The first-order valence-electron chi connectivity index (χ1n) is 17.6. The van der Waals surface area contributed by atoms with E-state index in [1.165, 1.54) is 91.9 Å². The molecule has 0 bridgehead atoms. The zero-order valence-corrected chi connectivity index (χ0v) is 28.1. The van der Waals surface area contributed by atoms with Crippen molar-refractivity contribution >= 4 is 75.3 Å². The molecule has 2 aliphatic rings. The molecule has 0 saturated carbocycles. The summed E-state index contributed by atoms with van der Waals surface area (Å²) in [5, 5.41) is 7.99. The van der Waals surface area contributed by atoms with Gasteiger partial charge in [-0.05, 0) is 66.9 Å². The number of para-hydroxylation sites is 1. The first kappa shape index (κ1) is 27.0. The molecule has 7 heterocycles. The number of benzene rings is 5. The molecule has 4 heteroatoms. The molecule has 3 nitrogen and oxygen atoms in total. The normalized spacial score (nSPS) is 17.1. The highest BCUT2D eigenvalue weighted by atomic mass is 32.1. The molecule has 234 valence electrons. The Bertz CT molecular complexity index is 3090. The number of pyridine rings is 2. The van der Waals surface area contributed by atoms with E-state index in [2.05, 4.69) is 153 Å². The van der Waals surface area contributed by atoms with Crippen LogP contribution < -0.4 is 9.13 Å². The van der Waals surface area contributed by atoms with Crippen LogP contribution in [0.25, 0.3) is 86.5 Å². The Morgan fingerprint density at radius 2 is 1.36 bits per heavy atom. The third-order valence-electron chi connectivity index (χ3n) is 11.8. The third kappa shape index (κ3) is 3.34. The molecule has 50 heavy (non-hydrogen) atoms. The fourth-order valence-corrected chi connectivity index (χ4v) is 10.9. The highest BCUT2D eigenvalue weighted by Gasteiger charge is 2.46. The van der Waals surface area contributed by atoms with Gasteiger partial charge in [0.15, 0.2) is 12.4 Å². The summed E-state index contributed by atoms with van der Waals surface area (Å²) >= 11 is 1.93. The van der Waals surface area contributed by atoms with Crippen LogP contribution in [-0.2, 0) is 6.42 Å². The lowest BCUT2D eigenvalue weighted by atomic mass is 9.78. The number of allylic oxidation sites excluding steroid dienone is 1. The van der Waals surface area contributed by atoms with E-state index >= 15 is 0 Å². The second-order valence-electron chi connectivity index (χ2n) is 14.1. The Morgan fingerprint density at radius 3 is 2.30 bits per heavy atom. The maximum absolute atomic E-state index is 4.88. The molecule has 0 spiro atoms. The van der Waals surface area contributed by atoms with Crippen LogP contribution in [-0.4, -0.2) is 4.40 Å². The molecule has 0 radical (unpaired) electrons. The molecule has 0 fully saturated rings. The topological polar surface area (TPSA) is 12.2 Å². The van der Waals surface area contributed by atoms with Crippen molar-refractivity contribution in [2.75, 3.05) is 0 Å². The van der Waals surface area contributed by atoms with Gasteiger partial charge in [0.25, 0.3) is 0 Å². The standard InChI is InChI=1S/C46H31N3S/c1-27-43-34(29-11-2-3-12-30(29)39-16-7-9-24-48(39)43)20-19-28-25-41-38(26-37(28)40-17-6-8-23-47(27)40)33-15-10-14-32-35-21-22-36-31-13-4-5-18-42(31)50-46(36)45(35)49(41)44(32)33/h2-18,21-26,34,43H,1,19-20H2/q+2. The fourth-order valence-electron chi connectivity index (χ4n) is 9.68. The lowest BCUT2D eigenvalue weighted by Crippen LogP contribution is -2.53. The average molecular weight is 658 g/mol. The molecule has 0 N–H and O–H groups in total. The van der Waals surface area contributed by atoms with Crippen molar-refractivity contribution in [1.29, 1.82) is 0 Å². The minimum Gasteiger partial charge on any atom is -0.307 e. The molecule has 10 aromatic rings.